The third-order valence-electron chi connectivity index (χ3n) is 5.57. The highest BCUT2D eigenvalue weighted by atomic mass is 16.5. The smallest absolute Gasteiger partial charge is 0.201 e. The van der Waals surface area contributed by atoms with E-state index >= 15 is 0 Å². The minimum absolute atomic E-state index is 0.135. The van der Waals surface area contributed by atoms with Crippen molar-refractivity contribution in [1.29, 1.82) is 0 Å². The molecule has 2 aliphatic rings. The largest absolute Gasteiger partial charge is 0.493 e. The second kappa shape index (κ2) is 6.42. The van der Waals surface area contributed by atoms with Gasteiger partial charge in [0, 0.05) is 23.6 Å². The highest BCUT2D eigenvalue weighted by Gasteiger charge is 2.32. The Hall–Kier alpha value is -3.67. The van der Waals surface area contributed by atoms with E-state index in [1.54, 1.807) is 25.3 Å². The van der Waals surface area contributed by atoms with Crippen LogP contribution < -0.4 is 24.4 Å². The summed E-state index contributed by atoms with van der Waals surface area (Å²) in [6.07, 6.45) is 0.461. The van der Waals surface area contributed by atoms with Crippen LogP contribution in [0.3, 0.4) is 0 Å². The molecule has 6 heteroatoms. The minimum Gasteiger partial charge on any atom is -0.493 e. The number of fused-ring (bicyclic) bond motifs is 6. The molecule has 5 rings (SSSR count). The van der Waals surface area contributed by atoms with Gasteiger partial charge < -0.3 is 23.4 Å². The molecule has 1 unspecified atom stereocenters. The molecule has 6 nitrogen and oxygen atoms in total. The maximum atomic E-state index is 13.6. The van der Waals surface area contributed by atoms with Crippen molar-refractivity contribution in [3.05, 3.63) is 64.5 Å². The minimum atomic E-state index is -0.161. The number of ether oxygens (including phenoxy) is 4. The molecule has 0 saturated carbocycles. The molecule has 0 amide bonds. The van der Waals surface area contributed by atoms with Gasteiger partial charge in [-0.2, -0.15) is 0 Å². The normalized spacial score (nSPS) is 16.2. The van der Waals surface area contributed by atoms with Crippen LogP contribution in [0.25, 0.3) is 27.9 Å². The fourth-order valence-corrected chi connectivity index (χ4v) is 4.02. The number of rotatable bonds is 3. The Labute approximate surface area is 172 Å². The highest BCUT2D eigenvalue weighted by Crippen LogP contribution is 2.47. The second-order valence-electron chi connectivity index (χ2n) is 7.44. The van der Waals surface area contributed by atoms with E-state index in [0.29, 0.717) is 57.3 Å². The molecule has 30 heavy (non-hydrogen) atoms. The lowest BCUT2D eigenvalue weighted by Gasteiger charge is -2.22. The van der Waals surface area contributed by atoms with E-state index in [0.717, 1.165) is 11.1 Å². The van der Waals surface area contributed by atoms with Gasteiger partial charge in [-0.15, -0.1) is 0 Å². The zero-order valence-electron chi connectivity index (χ0n) is 17.0. The van der Waals surface area contributed by atoms with E-state index in [-0.39, 0.29) is 17.3 Å². The zero-order chi connectivity index (χ0) is 21.2. The predicted octanol–water partition coefficient (Wildman–Crippen LogP) is 4.72. The van der Waals surface area contributed by atoms with E-state index in [4.69, 9.17) is 23.4 Å². The van der Waals surface area contributed by atoms with E-state index in [9.17, 15) is 4.79 Å². The van der Waals surface area contributed by atoms with Gasteiger partial charge in [0.15, 0.2) is 23.0 Å². The number of hydrogen-bond donors (Lipinski definition) is 0. The summed E-state index contributed by atoms with van der Waals surface area (Å²) in [7, 11) is 3.08. The molecular weight excluding hydrogens is 384 g/mol. The quantitative estimate of drug-likeness (QED) is 0.589. The molecule has 3 aromatic rings. The lowest BCUT2D eigenvalue weighted by molar-refractivity contribution is 0.271. The molecule has 1 atom stereocenters. The first-order valence-electron chi connectivity index (χ1n) is 9.51. The third-order valence-corrected chi connectivity index (χ3v) is 5.57. The van der Waals surface area contributed by atoms with Crippen LogP contribution in [0.2, 0.25) is 0 Å². The average molecular weight is 404 g/mol. The molecule has 0 fully saturated rings. The second-order valence-corrected chi connectivity index (χ2v) is 7.44. The summed E-state index contributed by atoms with van der Waals surface area (Å²) in [5.41, 5.74) is 3.07. The van der Waals surface area contributed by atoms with Crippen LogP contribution in [0.1, 0.15) is 18.2 Å². The Bertz CT molecular complexity index is 1310. The van der Waals surface area contributed by atoms with Crippen LogP contribution in [0.4, 0.5) is 0 Å². The van der Waals surface area contributed by atoms with E-state index in [1.807, 2.05) is 13.0 Å². The summed E-state index contributed by atoms with van der Waals surface area (Å²) < 4.78 is 28.8. The topological polar surface area (TPSA) is 67.1 Å². The summed E-state index contributed by atoms with van der Waals surface area (Å²) in [5, 5.41) is 0.480. The van der Waals surface area contributed by atoms with Crippen molar-refractivity contribution >= 4 is 16.7 Å². The van der Waals surface area contributed by atoms with Gasteiger partial charge in [0.1, 0.15) is 23.2 Å². The van der Waals surface area contributed by atoms with Crippen molar-refractivity contribution < 1.29 is 23.4 Å². The van der Waals surface area contributed by atoms with E-state index in [2.05, 4.69) is 13.2 Å². The first kappa shape index (κ1) is 18.4. The summed E-state index contributed by atoms with van der Waals surface area (Å²) in [6, 6.07) is 6.95. The predicted molar refractivity (Wildman–Crippen MR) is 114 cm³/mol. The molecular formula is C24H20O6. The lowest BCUT2D eigenvalue weighted by Crippen LogP contribution is -2.15. The van der Waals surface area contributed by atoms with Crippen molar-refractivity contribution in [3.8, 4) is 34.1 Å². The van der Waals surface area contributed by atoms with E-state index < -0.39 is 0 Å². The molecule has 2 aromatic carbocycles. The summed E-state index contributed by atoms with van der Waals surface area (Å²) in [4.78, 5) is 13.6. The molecule has 0 radical (unpaired) electrons. The van der Waals surface area contributed by atoms with E-state index in [1.165, 1.54) is 7.11 Å². The van der Waals surface area contributed by atoms with Crippen LogP contribution in [0.5, 0.6) is 23.0 Å². The Balaban J connectivity index is 1.79. The van der Waals surface area contributed by atoms with Crippen LogP contribution >= 0.6 is 0 Å². The van der Waals surface area contributed by atoms with Crippen molar-refractivity contribution in [2.75, 3.05) is 14.2 Å². The Morgan fingerprint density at radius 1 is 1.13 bits per heavy atom. The fraction of sp³-hybridized carbons (Fsp3) is 0.208. The molecule has 2 aliphatic heterocycles. The SMILES string of the molecule is C=C1Oc2cc(OC)c(OC)cc2-c2c1oc1c3c(ccc1c2=O)OC(C(=C)C)C3. The number of hydrogen-bond acceptors (Lipinski definition) is 6. The monoisotopic (exact) mass is 404 g/mol. The zero-order valence-corrected chi connectivity index (χ0v) is 17.0. The van der Waals surface area contributed by atoms with Crippen LogP contribution in [-0.2, 0) is 6.42 Å². The van der Waals surface area contributed by atoms with Crippen LogP contribution in [0, 0.1) is 0 Å². The van der Waals surface area contributed by atoms with Crippen LogP contribution in [0.15, 0.2) is 52.2 Å². The van der Waals surface area contributed by atoms with Crippen molar-refractivity contribution in [1.82, 2.24) is 0 Å². The van der Waals surface area contributed by atoms with Gasteiger partial charge in [0.25, 0.3) is 0 Å². The Morgan fingerprint density at radius 3 is 2.57 bits per heavy atom. The van der Waals surface area contributed by atoms with Crippen molar-refractivity contribution in [2.24, 2.45) is 0 Å². The Morgan fingerprint density at radius 2 is 1.87 bits per heavy atom. The maximum absolute atomic E-state index is 13.6. The first-order valence-corrected chi connectivity index (χ1v) is 9.51. The van der Waals surface area contributed by atoms with Crippen molar-refractivity contribution in [3.63, 3.8) is 0 Å². The van der Waals surface area contributed by atoms with Gasteiger partial charge >= 0.3 is 0 Å². The van der Waals surface area contributed by atoms with Gasteiger partial charge in [0.2, 0.25) is 5.43 Å². The molecule has 3 heterocycles. The number of benzene rings is 2. The summed E-state index contributed by atoms with van der Waals surface area (Å²) in [5.74, 6) is 2.72. The van der Waals surface area contributed by atoms with Crippen molar-refractivity contribution in [2.45, 2.75) is 19.4 Å². The number of methoxy groups -OCH3 is 2. The fourth-order valence-electron chi connectivity index (χ4n) is 4.02. The maximum Gasteiger partial charge on any atom is 0.201 e. The summed E-state index contributed by atoms with van der Waals surface area (Å²) >= 11 is 0. The molecule has 0 spiro atoms. The molecule has 0 saturated heterocycles. The standard InChI is InChI=1S/C24H20O6/c1-11(2)17-9-15-16(29-17)7-6-13-22(25)21-14-8-19(26-4)20(27-5)10-18(14)28-12(3)23(21)30-24(13)15/h6-8,10,17H,1,3,9H2,2,4-5H3. The molecule has 0 aliphatic carbocycles. The third kappa shape index (κ3) is 2.46. The molecule has 1 aromatic heterocycles. The summed E-state index contributed by atoms with van der Waals surface area (Å²) in [6.45, 7) is 9.87. The Kier molecular flexibility index (Phi) is 3.93. The van der Waals surface area contributed by atoms with Gasteiger partial charge in [-0.05, 0) is 30.7 Å². The van der Waals surface area contributed by atoms with Gasteiger partial charge in [0.05, 0.1) is 25.2 Å². The first-order chi connectivity index (χ1) is 14.4. The average Bonchev–Trinajstić information content (AvgIpc) is 3.18. The highest BCUT2D eigenvalue weighted by molar-refractivity contribution is 5.93. The van der Waals surface area contributed by atoms with Gasteiger partial charge in [-0.25, -0.2) is 0 Å². The molecule has 0 N–H and O–H groups in total. The molecule has 152 valence electrons. The van der Waals surface area contributed by atoms with Gasteiger partial charge in [-0.3, -0.25) is 4.79 Å². The van der Waals surface area contributed by atoms with Crippen LogP contribution in [-0.4, -0.2) is 20.3 Å². The molecule has 0 bridgehead atoms. The van der Waals surface area contributed by atoms with Gasteiger partial charge in [-0.1, -0.05) is 13.2 Å². The lowest BCUT2D eigenvalue weighted by atomic mass is 9.96.